The lowest BCUT2D eigenvalue weighted by Crippen LogP contribution is -2.06. The van der Waals surface area contributed by atoms with Crippen molar-refractivity contribution in [2.45, 2.75) is 18.9 Å². The van der Waals surface area contributed by atoms with Crippen LogP contribution in [0.3, 0.4) is 0 Å². The minimum Gasteiger partial charge on any atom is -0.337 e. The molecule has 9 aromatic rings. The molecule has 0 bridgehead atoms. The van der Waals surface area contributed by atoms with E-state index in [0.29, 0.717) is 23.6 Å². The zero-order chi connectivity index (χ0) is 30.9. The second-order valence-corrected chi connectivity index (χ2v) is 12.4. The zero-order valence-electron chi connectivity index (χ0n) is 25.6. The number of hydrogen-bond donors (Lipinski definition) is 0. The molecule has 1 aliphatic carbocycles. The van der Waals surface area contributed by atoms with Gasteiger partial charge in [-0.05, 0) is 60.4 Å². The number of aromatic nitrogens is 5. The SMILES string of the molecule is c1ccc(-c2nc(-c3ccccc3)nc(-n3c4ccccc4c4cc(-c5ccc6c(c5)c5ccccc5n6C5CC5)ccc43)n2)cc1. The van der Waals surface area contributed by atoms with E-state index in [0.717, 1.165) is 22.2 Å². The first-order valence-corrected chi connectivity index (χ1v) is 16.2. The molecule has 0 N–H and O–H groups in total. The summed E-state index contributed by atoms with van der Waals surface area (Å²) in [5.74, 6) is 1.90. The Balaban J connectivity index is 1.18. The lowest BCUT2D eigenvalue weighted by Gasteiger charge is -2.11. The molecule has 0 aliphatic heterocycles. The molecule has 6 aromatic carbocycles. The third-order valence-corrected chi connectivity index (χ3v) is 9.52. The maximum atomic E-state index is 5.08. The number of para-hydroxylation sites is 2. The minimum absolute atomic E-state index is 0.603. The van der Waals surface area contributed by atoms with E-state index in [1.54, 1.807) is 0 Å². The molecule has 0 unspecified atom stereocenters. The van der Waals surface area contributed by atoms with E-state index >= 15 is 0 Å². The molecule has 47 heavy (non-hydrogen) atoms. The van der Waals surface area contributed by atoms with Crippen LogP contribution in [0.1, 0.15) is 18.9 Å². The first kappa shape index (κ1) is 26.2. The summed E-state index contributed by atoms with van der Waals surface area (Å²) in [5.41, 5.74) is 9.10. The van der Waals surface area contributed by atoms with Crippen molar-refractivity contribution in [3.8, 4) is 39.9 Å². The Kier molecular flexibility index (Phi) is 5.70. The Morgan fingerprint density at radius 3 is 1.49 bits per heavy atom. The molecule has 3 aromatic heterocycles. The Morgan fingerprint density at radius 2 is 0.872 bits per heavy atom. The molecular formula is C42H29N5. The number of benzene rings is 6. The molecule has 0 spiro atoms. The Morgan fingerprint density at radius 1 is 0.404 bits per heavy atom. The molecule has 1 fully saturated rings. The van der Waals surface area contributed by atoms with Crippen molar-refractivity contribution in [1.82, 2.24) is 24.1 Å². The van der Waals surface area contributed by atoms with Crippen molar-refractivity contribution in [2.24, 2.45) is 0 Å². The van der Waals surface area contributed by atoms with Gasteiger partial charge in [-0.1, -0.05) is 109 Å². The molecule has 0 amide bonds. The van der Waals surface area contributed by atoms with Gasteiger partial charge in [0, 0.05) is 49.7 Å². The van der Waals surface area contributed by atoms with Gasteiger partial charge >= 0.3 is 0 Å². The van der Waals surface area contributed by atoms with Crippen LogP contribution in [0, 0.1) is 0 Å². The summed E-state index contributed by atoms with van der Waals surface area (Å²) in [6.45, 7) is 0. The van der Waals surface area contributed by atoms with Gasteiger partial charge in [-0.15, -0.1) is 0 Å². The summed E-state index contributed by atoms with van der Waals surface area (Å²) >= 11 is 0. The lowest BCUT2D eigenvalue weighted by atomic mass is 10.0. The fourth-order valence-corrected chi connectivity index (χ4v) is 7.17. The van der Waals surface area contributed by atoms with E-state index in [-0.39, 0.29) is 0 Å². The van der Waals surface area contributed by atoms with Gasteiger partial charge in [0.1, 0.15) is 0 Å². The van der Waals surface area contributed by atoms with Crippen molar-refractivity contribution >= 4 is 43.6 Å². The van der Waals surface area contributed by atoms with Gasteiger partial charge in [-0.25, -0.2) is 4.98 Å². The molecule has 0 atom stereocenters. The highest BCUT2D eigenvalue weighted by molar-refractivity contribution is 6.12. The molecule has 0 saturated heterocycles. The fraction of sp³-hybridized carbons (Fsp3) is 0.0714. The largest absolute Gasteiger partial charge is 0.337 e. The summed E-state index contributed by atoms with van der Waals surface area (Å²) in [7, 11) is 0. The van der Waals surface area contributed by atoms with Crippen molar-refractivity contribution < 1.29 is 0 Å². The Hall–Kier alpha value is -6.07. The van der Waals surface area contributed by atoms with Crippen LogP contribution in [-0.2, 0) is 0 Å². The van der Waals surface area contributed by atoms with Crippen molar-refractivity contribution in [3.63, 3.8) is 0 Å². The first-order valence-electron chi connectivity index (χ1n) is 16.2. The van der Waals surface area contributed by atoms with E-state index in [1.807, 2.05) is 60.7 Å². The maximum Gasteiger partial charge on any atom is 0.238 e. The molecule has 5 heteroatoms. The summed E-state index contributed by atoms with van der Waals surface area (Å²) in [6.07, 6.45) is 2.52. The topological polar surface area (TPSA) is 48.5 Å². The Bertz CT molecular complexity index is 2570. The molecule has 0 radical (unpaired) electrons. The van der Waals surface area contributed by atoms with E-state index in [4.69, 9.17) is 15.0 Å². The molecule has 3 heterocycles. The highest BCUT2D eigenvalue weighted by atomic mass is 15.2. The standard InChI is InChI=1S/C42H29N5/c1-3-11-27(12-4-1)40-43-41(28-13-5-2-6-14-28)45-42(44-40)47-37-18-10-8-16-33(37)35-26-30(20-24-39(35)47)29-19-23-38-34(25-29)32-15-7-9-17-36(32)46(38)31-21-22-31/h1-20,23-26,31H,21-22H2. The van der Waals surface area contributed by atoms with Crippen LogP contribution < -0.4 is 0 Å². The van der Waals surface area contributed by atoms with Crippen molar-refractivity contribution in [1.29, 1.82) is 0 Å². The summed E-state index contributed by atoms with van der Waals surface area (Å²) < 4.78 is 4.73. The molecule has 1 saturated carbocycles. The van der Waals surface area contributed by atoms with Gasteiger partial charge in [0.05, 0.1) is 11.0 Å². The maximum absolute atomic E-state index is 5.08. The van der Waals surface area contributed by atoms with Gasteiger partial charge in [-0.3, -0.25) is 4.57 Å². The molecule has 222 valence electrons. The number of fused-ring (bicyclic) bond motifs is 6. The van der Waals surface area contributed by atoms with Gasteiger partial charge < -0.3 is 4.57 Å². The Labute approximate surface area is 271 Å². The van der Waals surface area contributed by atoms with Crippen LogP contribution in [0.15, 0.2) is 146 Å². The van der Waals surface area contributed by atoms with Crippen molar-refractivity contribution in [3.05, 3.63) is 146 Å². The van der Waals surface area contributed by atoms with E-state index < -0.39 is 0 Å². The summed E-state index contributed by atoms with van der Waals surface area (Å²) in [5, 5.41) is 4.98. The van der Waals surface area contributed by atoms with Gasteiger partial charge in [0.15, 0.2) is 11.6 Å². The molecule has 5 nitrogen and oxygen atoms in total. The smallest absolute Gasteiger partial charge is 0.238 e. The summed E-state index contributed by atoms with van der Waals surface area (Å²) in [4.78, 5) is 15.1. The van der Waals surface area contributed by atoms with E-state index in [2.05, 4.69) is 94.1 Å². The van der Waals surface area contributed by atoms with E-state index in [1.165, 1.54) is 56.5 Å². The number of hydrogen-bond acceptors (Lipinski definition) is 3. The zero-order valence-corrected chi connectivity index (χ0v) is 25.6. The third-order valence-electron chi connectivity index (χ3n) is 9.52. The van der Waals surface area contributed by atoms with Gasteiger partial charge in [0.2, 0.25) is 5.95 Å². The summed E-state index contributed by atoms with van der Waals surface area (Å²) in [6, 6.07) is 52.0. The van der Waals surface area contributed by atoms with Crippen LogP contribution in [0.4, 0.5) is 0 Å². The van der Waals surface area contributed by atoms with Gasteiger partial charge in [0.25, 0.3) is 0 Å². The van der Waals surface area contributed by atoms with Crippen LogP contribution >= 0.6 is 0 Å². The average molecular weight is 604 g/mol. The molecule has 10 rings (SSSR count). The normalized spacial score (nSPS) is 13.3. The van der Waals surface area contributed by atoms with Crippen molar-refractivity contribution in [2.75, 3.05) is 0 Å². The van der Waals surface area contributed by atoms with Crippen LogP contribution in [-0.4, -0.2) is 24.1 Å². The predicted octanol–water partition coefficient (Wildman–Crippen LogP) is 10.4. The number of rotatable bonds is 5. The average Bonchev–Trinajstić information content (AvgIpc) is 3.85. The monoisotopic (exact) mass is 603 g/mol. The van der Waals surface area contributed by atoms with Crippen LogP contribution in [0.25, 0.3) is 83.5 Å². The van der Waals surface area contributed by atoms with Crippen LogP contribution in [0.2, 0.25) is 0 Å². The lowest BCUT2D eigenvalue weighted by molar-refractivity contribution is 0.805. The molecular weight excluding hydrogens is 574 g/mol. The number of nitrogens with zero attached hydrogens (tertiary/aromatic N) is 5. The van der Waals surface area contributed by atoms with Crippen LogP contribution in [0.5, 0.6) is 0 Å². The quantitative estimate of drug-likeness (QED) is 0.197. The fourth-order valence-electron chi connectivity index (χ4n) is 7.17. The second-order valence-electron chi connectivity index (χ2n) is 12.4. The van der Waals surface area contributed by atoms with Gasteiger partial charge in [-0.2, -0.15) is 9.97 Å². The predicted molar refractivity (Wildman–Crippen MR) is 192 cm³/mol. The first-order chi connectivity index (χ1) is 23.3. The highest BCUT2D eigenvalue weighted by Crippen LogP contribution is 2.43. The minimum atomic E-state index is 0.603. The molecule has 1 aliphatic rings. The second kappa shape index (κ2) is 10.2. The third kappa shape index (κ3) is 4.20. The van der Waals surface area contributed by atoms with E-state index in [9.17, 15) is 0 Å². The highest BCUT2D eigenvalue weighted by Gasteiger charge is 2.27.